The van der Waals surface area contributed by atoms with E-state index in [9.17, 15) is 18.0 Å². The Hall–Kier alpha value is -1.08. The van der Waals surface area contributed by atoms with E-state index in [4.69, 9.17) is 5.11 Å². The van der Waals surface area contributed by atoms with Crippen molar-refractivity contribution in [3.8, 4) is 0 Å². The smallest absolute Gasteiger partial charge is 0.416 e. The van der Waals surface area contributed by atoms with Crippen LogP contribution in [0.2, 0.25) is 0 Å². The number of hydrogen-bond acceptors (Lipinski definition) is 2. The van der Waals surface area contributed by atoms with Crippen molar-refractivity contribution in [2.24, 2.45) is 5.92 Å². The van der Waals surface area contributed by atoms with Crippen LogP contribution in [0.3, 0.4) is 0 Å². The van der Waals surface area contributed by atoms with Gasteiger partial charge in [-0.15, -0.1) is 0 Å². The molecular weight excluding hydrogens is 351 g/mol. The SMILES string of the molecule is CC(C)C[C@@H](NCc1cc(C(F)(F)F)ccc1Br)C(=O)O. The molecule has 0 fully saturated rings. The Balaban J connectivity index is 2.84. The van der Waals surface area contributed by atoms with E-state index in [0.717, 1.165) is 12.1 Å². The molecule has 0 amide bonds. The predicted molar refractivity (Wildman–Crippen MR) is 76.9 cm³/mol. The van der Waals surface area contributed by atoms with Gasteiger partial charge < -0.3 is 10.4 Å². The topological polar surface area (TPSA) is 49.3 Å². The lowest BCUT2D eigenvalue weighted by atomic mass is 10.0. The fraction of sp³-hybridized carbons (Fsp3) is 0.500. The molecule has 21 heavy (non-hydrogen) atoms. The minimum Gasteiger partial charge on any atom is -0.480 e. The van der Waals surface area contributed by atoms with Gasteiger partial charge in [0, 0.05) is 11.0 Å². The van der Waals surface area contributed by atoms with Crippen LogP contribution in [-0.4, -0.2) is 17.1 Å². The van der Waals surface area contributed by atoms with E-state index in [0.29, 0.717) is 16.5 Å². The number of aliphatic carboxylic acids is 1. The summed E-state index contributed by atoms with van der Waals surface area (Å²) in [5.74, 6) is -0.838. The molecule has 0 unspecified atom stereocenters. The van der Waals surface area contributed by atoms with Crippen molar-refractivity contribution >= 4 is 21.9 Å². The maximum absolute atomic E-state index is 12.7. The van der Waals surface area contributed by atoms with Crippen LogP contribution in [0.1, 0.15) is 31.4 Å². The van der Waals surface area contributed by atoms with E-state index in [2.05, 4.69) is 21.2 Å². The lowest BCUT2D eigenvalue weighted by Gasteiger charge is -2.17. The van der Waals surface area contributed by atoms with Gasteiger partial charge in [-0.3, -0.25) is 4.79 Å². The predicted octanol–water partition coefficient (Wildman–Crippen LogP) is 4.06. The molecule has 7 heteroatoms. The minimum absolute atomic E-state index is 0.0498. The number of hydrogen-bond donors (Lipinski definition) is 2. The fourth-order valence-corrected chi connectivity index (χ4v) is 2.25. The summed E-state index contributed by atoms with van der Waals surface area (Å²) < 4.78 is 38.5. The molecule has 0 saturated heterocycles. The van der Waals surface area contributed by atoms with Gasteiger partial charge in [0.25, 0.3) is 0 Å². The van der Waals surface area contributed by atoms with Gasteiger partial charge in [0.2, 0.25) is 0 Å². The van der Waals surface area contributed by atoms with Gasteiger partial charge in [-0.2, -0.15) is 13.2 Å². The molecule has 1 aromatic rings. The highest BCUT2D eigenvalue weighted by Gasteiger charge is 2.31. The molecule has 0 aliphatic rings. The van der Waals surface area contributed by atoms with E-state index < -0.39 is 23.8 Å². The van der Waals surface area contributed by atoms with Gasteiger partial charge in [-0.1, -0.05) is 29.8 Å². The van der Waals surface area contributed by atoms with Crippen LogP contribution in [0.5, 0.6) is 0 Å². The van der Waals surface area contributed by atoms with Crippen LogP contribution >= 0.6 is 15.9 Å². The Bertz CT molecular complexity index is 503. The van der Waals surface area contributed by atoms with Crippen LogP contribution in [0, 0.1) is 5.92 Å². The second-order valence-corrected chi connectivity index (χ2v) is 6.06. The molecular formula is C14H17BrF3NO2. The molecule has 2 N–H and O–H groups in total. The average molecular weight is 368 g/mol. The van der Waals surface area contributed by atoms with Crippen molar-refractivity contribution in [1.29, 1.82) is 0 Å². The highest BCUT2D eigenvalue weighted by molar-refractivity contribution is 9.10. The molecule has 0 radical (unpaired) electrons. The van der Waals surface area contributed by atoms with Gasteiger partial charge in [-0.05, 0) is 36.1 Å². The second-order valence-electron chi connectivity index (χ2n) is 5.21. The lowest BCUT2D eigenvalue weighted by Crippen LogP contribution is -2.37. The van der Waals surface area contributed by atoms with Gasteiger partial charge >= 0.3 is 12.1 Å². The standard InChI is InChI=1S/C14H17BrF3NO2/c1-8(2)5-12(13(20)21)19-7-9-6-10(14(16,17)18)3-4-11(9)15/h3-4,6,8,12,19H,5,7H2,1-2H3,(H,20,21)/t12-/m1/s1. The lowest BCUT2D eigenvalue weighted by molar-refractivity contribution is -0.140. The Kier molecular flexibility index (Phi) is 6.22. The maximum atomic E-state index is 12.7. The number of carboxylic acids is 1. The van der Waals surface area contributed by atoms with E-state index in [1.165, 1.54) is 6.07 Å². The first-order valence-corrected chi connectivity index (χ1v) is 7.22. The Labute approximate surface area is 129 Å². The summed E-state index contributed by atoms with van der Waals surface area (Å²) in [4.78, 5) is 11.1. The first kappa shape index (κ1) is 18.0. The molecule has 1 rings (SSSR count). The number of rotatable bonds is 6. The Morgan fingerprint density at radius 2 is 2.00 bits per heavy atom. The van der Waals surface area contributed by atoms with E-state index in [-0.39, 0.29) is 12.5 Å². The molecule has 0 bridgehead atoms. The first-order valence-electron chi connectivity index (χ1n) is 6.43. The van der Waals surface area contributed by atoms with Crippen LogP contribution in [0.4, 0.5) is 13.2 Å². The normalized spacial score (nSPS) is 13.5. The summed E-state index contributed by atoms with van der Waals surface area (Å²) in [6.07, 6.45) is -4.01. The van der Waals surface area contributed by atoms with Crippen LogP contribution in [0.25, 0.3) is 0 Å². The third kappa shape index (κ3) is 5.67. The van der Waals surface area contributed by atoms with Crippen molar-refractivity contribution < 1.29 is 23.1 Å². The van der Waals surface area contributed by atoms with Crippen LogP contribution < -0.4 is 5.32 Å². The van der Waals surface area contributed by atoms with Crippen molar-refractivity contribution in [3.63, 3.8) is 0 Å². The number of carbonyl (C=O) groups is 1. The molecule has 1 aromatic carbocycles. The van der Waals surface area contributed by atoms with Gasteiger partial charge in [0.1, 0.15) is 6.04 Å². The van der Waals surface area contributed by atoms with Crippen LogP contribution in [-0.2, 0) is 17.5 Å². The number of carboxylic acid groups (broad SMARTS) is 1. The Morgan fingerprint density at radius 1 is 1.38 bits per heavy atom. The summed E-state index contributed by atoms with van der Waals surface area (Å²) in [6.45, 7) is 3.82. The number of alkyl halides is 3. The third-order valence-electron chi connectivity index (χ3n) is 2.92. The molecule has 0 aromatic heterocycles. The van der Waals surface area contributed by atoms with Crippen molar-refractivity contribution in [2.45, 2.75) is 39.0 Å². The third-order valence-corrected chi connectivity index (χ3v) is 3.69. The summed E-state index contributed by atoms with van der Waals surface area (Å²) in [6, 6.07) is 2.53. The number of benzene rings is 1. The zero-order valence-corrected chi connectivity index (χ0v) is 13.3. The van der Waals surface area contributed by atoms with Gasteiger partial charge in [0.15, 0.2) is 0 Å². The summed E-state index contributed by atoms with van der Waals surface area (Å²) >= 11 is 3.18. The molecule has 3 nitrogen and oxygen atoms in total. The Morgan fingerprint density at radius 3 is 2.48 bits per heavy atom. The van der Waals surface area contributed by atoms with E-state index in [1.54, 1.807) is 0 Å². The highest BCUT2D eigenvalue weighted by Crippen LogP contribution is 2.31. The highest BCUT2D eigenvalue weighted by atomic mass is 79.9. The molecule has 0 aliphatic carbocycles. The van der Waals surface area contributed by atoms with E-state index >= 15 is 0 Å². The zero-order chi connectivity index (χ0) is 16.2. The van der Waals surface area contributed by atoms with Crippen molar-refractivity contribution in [3.05, 3.63) is 33.8 Å². The van der Waals surface area contributed by atoms with E-state index in [1.807, 2.05) is 13.8 Å². The molecule has 118 valence electrons. The van der Waals surface area contributed by atoms with Gasteiger partial charge in [-0.25, -0.2) is 0 Å². The summed E-state index contributed by atoms with van der Waals surface area (Å²) in [5, 5.41) is 11.9. The number of nitrogens with one attached hydrogen (secondary N) is 1. The molecule has 0 spiro atoms. The molecule has 0 heterocycles. The minimum atomic E-state index is -4.42. The van der Waals surface area contributed by atoms with Gasteiger partial charge in [0.05, 0.1) is 5.56 Å². The zero-order valence-electron chi connectivity index (χ0n) is 11.7. The quantitative estimate of drug-likeness (QED) is 0.796. The first-order chi connectivity index (χ1) is 9.61. The molecule has 0 aliphatic heterocycles. The summed E-state index contributed by atoms with van der Waals surface area (Å²) in [5.41, 5.74) is -0.377. The molecule has 1 atom stereocenters. The molecule has 0 saturated carbocycles. The monoisotopic (exact) mass is 367 g/mol. The van der Waals surface area contributed by atoms with Crippen LogP contribution in [0.15, 0.2) is 22.7 Å². The number of halogens is 4. The largest absolute Gasteiger partial charge is 0.480 e. The maximum Gasteiger partial charge on any atom is 0.416 e. The van der Waals surface area contributed by atoms with Crippen molar-refractivity contribution in [2.75, 3.05) is 0 Å². The average Bonchev–Trinajstić information content (AvgIpc) is 2.33. The second kappa shape index (κ2) is 7.26. The summed E-state index contributed by atoms with van der Waals surface area (Å²) in [7, 11) is 0. The van der Waals surface area contributed by atoms with Crippen molar-refractivity contribution in [1.82, 2.24) is 5.32 Å². The fourth-order valence-electron chi connectivity index (χ4n) is 1.86.